The minimum atomic E-state index is -0.201. The summed E-state index contributed by atoms with van der Waals surface area (Å²) in [5, 5.41) is 0. The van der Waals surface area contributed by atoms with Gasteiger partial charge in [0.2, 0.25) is 0 Å². The lowest BCUT2D eigenvalue weighted by atomic mass is 10.2. The maximum atomic E-state index is 11.1. The maximum absolute atomic E-state index is 11.1. The Balaban J connectivity index is 3.22. The van der Waals surface area contributed by atoms with Crippen molar-refractivity contribution < 1.29 is 19.1 Å². The van der Waals surface area contributed by atoms with Crippen LogP contribution in [0.3, 0.4) is 0 Å². The summed E-state index contributed by atoms with van der Waals surface area (Å²) in [6.07, 6.45) is 4.49. The first-order valence-corrected chi connectivity index (χ1v) is 7.70. The minimum absolute atomic E-state index is 0.201. The lowest BCUT2D eigenvalue weighted by Crippen LogP contribution is -2.07. The van der Waals surface area contributed by atoms with E-state index >= 15 is 0 Å². The van der Waals surface area contributed by atoms with Gasteiger partial charge in [-0.1, -0.05) is 0 Å². The van der Waals surface area contributed by atoms with E-state index < -0.39 is 0 Å². The number of carbonyl (C=O) groups is 2. The molecule has 0 radical (unpaired) electrons. The second kappa shape index (κ2) is 13.9. The highest BCUT2D eigenvalue weighted by atomic mass is 35.5. The van der Waals surface area contributed by atoms with Crippen LogP contribution in [-0.4, -0.2) is 36.9 Å². The molecule has 0 fully saturated rings. The molecule has 0 aromatic heterocycles. The molecule has 0 aromatic carbocycles. The Labute approximate surface area is 124 Å². The summed E-state index contributed by atoms with van der Waals surface area (Å²) < 4.78 is 10.0. The molecule has 0 aromatic rings. The van der Waals surface area contributed by atoms with Crippen molar-refractivity contribution in [1.82, 2.24) is 0 Å². The number of carbonyl (C=O) groups excluding carboxylic acids is 2. The molecule has 19 heavy (non-hydrogen) atoms. The SMILES string of the molecule is O=C(CCCCl)OCCCCCOC(=O)CCCCl. The minimum Gasteiger partial charge on any atom is -0.466 e. The van der Waals surface area contributed by atoms with Gasteiger partial charge < -0.3 is 9.47 Å². The summed E-state index contributed by atoms with van der Waals surface area (Å²) in [7, 11) is 0. The van der Waals surface area contributed by atoms with Crippen molar-refractivity contribution in [2.24, 2.45) is 0 Å². The van der Waals surface area contributed by atoms with Crippen molar-refractivity contribution in [2.75, 3.05) is 25.0 Å². The van der Waals surface area contributed by atoms with Crippen LogP contribution in [0.1, 0.15) is 44.9 Å². The first-order valence-electron chi connectivity index (χ1n) is 6.64. The highest BCUT2D eigenvalue weighted by Gasteiger charge is 2.03. The molecule has 0 amide bonds. The van der Waals surface area contributed by atoms with E-state index in [4.69, 9.17) is 32.7 Å². The van der Waals surface area contributed by atoms with E-state index in [2.05, 4.69) is 0 Å². The number of hydrogen-bond acceptors (Lipinski definition) is 4. The number of alkyl halides is 2. The van der Waals surface area contributed by atoms with E-state index in [9.17, 15) is 9.59 Å². The topological polar surface area (TPSA) is 52.6 Å². The molecular weight excluding hydrogens is 291 g/mol. The molecule has 0 heterocycles. The molecule has 0 spiro atoms. The van der Waals surface area contributed by atoms with Crippen LogP contribution in [0.5, 0.6) is 0 Å². The molecule has 0 N–H and O–H groups in total. The van der Waals surface area contributed by atoms with E-state index in [1.165, 1.54) is 0 Å². The summed E-state index contributed by atoms with van der Waals surface area (Å²) in [5.41, 5.74) is 0. The van der Waals surface area contributed by atoms with Gasteiger partial charge in [-0.2, -0.15) is 0 Å². The quantitative estimate of drug-likeness (QED) is 0.315. The van der Waals surface area contributed by atoms with Crippen molar-refractivity contribution in [3.8, 4) is 0 Å². The van der Waals surface area contributed by atoms with Gasteiger partial charge in [0, 0.05) is 24.6 Å². The molecule has 0 saturated heterocycles. The van der Waals surface area contributed by atoms with Gasteiger partial charge in [-0.15, -0.1) is 23.2 Å². The second-order valence-corrected chi connectivity index (χ2v) is 4.84. The molecule has 0 rings (SSSR count). The first-order chi connectivity index (χ1) is 9.20. The first kappa shape index (κ1) is 18.5. The summed E-state index contributed by atoms with van der Waals surface area (Å²) >= 11 is 10.9. The van der Waals surface area contributed by atoms with Gasteiger partial charge in [0.1, 0.15) is 0 Å². The highest BCUT2D eigenvalue weighted by molar-refractivity contribution is 6.18. The zero-order chi connectivity index (χ0) is 14.3. The Morgan fingerprint density at radius 3 is 1.47 bits per heavy atom. The van der Waals surface area contributed by atoms with Crippen molar-refractivity contribution in [3.63, 3.8) is 0 Å². The predicted molar refractivity (Wildman–Crippen MR) is 75.7 cm³/mol. The Morgan fingerprint density at radius 2 is 1.11 bits per heavy atom. The Bertz CT molecular complexity index is 223. The molecule has 0 saturated carbocycles. The van der Waals surface area contributed by atoms with Gasteiger partial charge >= 0.3 is 11.9 Å². The van der Waals surface area contributed by atoms with Crippen molar-refractivity contribution in [2.45, 2.75) is 44.9 Å². The average molecular weight is 313 g/mol. The van der Waals surface area contributed by atoms with E-state index in [1.54, 1.807) is 0 Å². The third kappa shape index (κ3) is 13.7. The fourth-order valence-electron chi connectivity index (χ4n) is 1.32. The lowest BCUT2D eigenvalue weighted by Gasteiger charge is -2.05. The maximum Gasteiger partial charge on any atom is 0.305 e. The number of hydrogen-bond donors (Lipinski definition) is 0. The van der Waals surface area contributed by atoms with Crippen LogP contribution in [0.15, 0.2) is 0 Å². The summed E-state index contributed by atoms with van der Waals surface area (Å²) in [6, 6.07) is 0. The predicted octanol–water partition coefficient (Wildman–Crippen LogP) is 3.28. The van der Waals surface area contributed by atoms with Crippen LogP contribution in [0.25, 0.3) is 0 Å². The number of ether oxygens (including phenoxy) is 2. The van der Waals surface area contributed by atoms with E-state index in [-0.39, 0.29) is 11.9 Å². The number of halogens is 2. The number of rotatable bonds is 12. The van der Waals surface area contributed by atoms with Crippen LogP contribution in [0, 0.1) is 0 Å². The zero-order valence-electron chi connectivity index (χ0n) is 11.2. The van der Waals surface area contributed by atoms with Crippen LogP contribution in [0.2, 0.25) is 0 Å². The molecule has 0 unspecified atom stereocenters. The Kier molecular flexibility index (Phi) is 13.6. The molecule has 0 bridgehead atoms. The molecule has 0 aliphatic heterocycles. The van der Waals surface area contributed by atoms with Crippen molar-refractivity contribution >= 4 is 35.1 Å². The number of esters is 2. The molecular formula is C13H22Cl2O4. The van der Waals surface area contributed by atoms with Gasteiger partial charge in [-0.25, -0.2) is 0 Å². The molecule has 0 atom stereocenters. The molecule has 6 heteroatoms. The fraction of sp³-hybridized carbons (Fsp3) is 0.846. The summed E-state index contributed by atoms with van der Waals surface area (Å²) in [6.45, 7) is 0.836. The molecule has 0 aliphatic rings. The van der Waals surface area contributed by atoms with Gasteiger partial charge in [0.25, 0.3) is 0 Å². The van der Waals surface area contributed by atoms with E-state index in [0.717, 1.165) is 19.3 Å². The second-order valence-electron chi connectivity index (χ2n) is 4.09. The fourth-order valence-corrected chi connectivity index (χ4v) is 1.59. The monoisotopic (exact) mass is 312 g/mol. The lowest BCUT2D eigenvalue weighted by molar-refractivity contribution is -0.144. The molecule has 4 nitrogen and oxygen atoms in total. The number of unbranched alkanes of at least 4 members (excludes halogenated alkanes) is 2. The zero-order valence-corrected chi connectivity index (χ0v) is 12.7. The van der Waals surface area contributed by atoms with Crippen molar-refractivity contribution in [1.29, 1.82) is 0 Å². The summed E-state index contributed by atoms with van der Waals surface area (Å²) in [5.74, 6) is 0.551. The van der Waals surface area contributed by atoms with Gasteiger partial charge in [-0.3, -0.25) is 9.59 Å². The van der Waals surface area contributed by atoms with E-state index in [0.29, 0.717) is 50.7 Å². The normalized spacial score (nSPS) is 10.2. The Morgan fingerprint density at radius 1 is 0.684 bits per heavy atom. The average Bonchev–Trinajstić information content (AvgIpc) is 2.41. The Hall–Kier alpha value is -0.480. The van der Waals surface area contributed by atoms with Crippen LogP contribution >= 0.6 is 23.2 Å². The highest BCUT2D eigenvalue weighted by Crippen LogP contribution is 2.01. The van der Waals surface area contributed by atoms with E-state index in [1.807, 2.05) is 0 Å². The summed E-state index contributed by atoms with van der Waals surface area (Å²) in [4.78, 5) is 22.2. The smallest absolute Gasteiger partial charge is 0.305 e. The van der Waals surface area contributed by atoms with Gasteiger partial charge in [-0.05, 0) is 32.1 Å². The largest absolute Gasteiger partial charge is 0.466 e. The third-order valence-electron chi connectivity index (χ3n) is 2.34. The van der Waals surface area contributed by atoms with Crippen LogP contribution < -0.4 is 0 Å². The molecule has 112 valence electrons. The van der Waals surface area contributed by atoms with Gasteiger partial charge in [0.05, 0.1) is 13.2 Å². The standard InChI is InChI=1S/C13H22Cl2O4/c14-8-4-6-12(16)18-10-2-1-3-11-19-13(17)7-5-9-15/h1-11H2. The molecule has 0 aliphatic carbocycles. The van der Waals surface area contributed by atoms with Crippen LogP contribution in [0.4, 0.5) is 0 Å². The van der Waals surface area contributed by atoms with Crippen molar-refractivity contribution in [3.05, 3.63) is 0 Å². The van der Waals surface area contributed by atoms with Crippen LogP contribution in [-0.2, 0) is 19.1 Å². The third-order valence-corrected chi connectivity index (χ3v) is 2.88. The van der Waals surface area contributed by atoms with Gasteiger partial charge in [0.15, 0.2) is 0 Å².